The molecule has 23 heavy (non-hydrogen) atoms. The van der Waals surface area contributed by atoms with Crippen LogP contribution in [0.5, 0.6) is 0 Å². The summed E-state index contributed by atoms with van der Waals surface area (Å²) in [5, 5.41) is 0. The highest BCUT2D eigenvalue weighted by molar-refractivity contribution is 5.80. The van der Waals surface area contributed by atoms with E-state index < -0.39 is 0 Å². The molecule has 5 nitrogen and oxygen atoms in total. The standard InChI is InChI=1S/C17H22FN3O2/c18-14-3-1-12(2-4-14)15-7-10-21(15)17(23)13-5-8-20(9-6-13)11-16(19)22/h1-4,13,15H,5-11H2,(H2,19,22). The van der Waals surface area contributed by atoms with Crippen molar-refractivity contribution < 1.29 is 14.0 Å². The molecule has 0 aromatic heterocycles. The second-order valence-electron chi connectivity index (χ2n) is 6.40. The molecule has 1 aromatic carbocycles. The molecule has 2 amide bonds. The zero-order chi connectivity index (χ0) is 16.4. The van der Waals surface area contributed by atoms with Crippen molar-refractivity contribution in [3.63, 3.8) is 0 Å². The average Bonchev–Trinajstić information content (AvgIpc) is 2.48. The lowest BCUT2D eigenvalue weighted by Gasteiger charge is -2.44. The van der Waals surface area contributed by atoms with Gasteiger partial charge < -0.3 is 10.6 Å². The molecular formula is C17H22FN3O2. The van der Waals surface area contributed by atoms with Gasteiger partial charge in [0.05, 0.1) is 12.6 Å². The number of piperidine rings is 1. The highest BCUT2D eigenvalue weighted by Gasteiger charge is 2.37. The summed E-state index contributed by atoms with van der Waals surface area (Å²) in [6.45, 7) is 2.49. The topological polar surface area (TPSA) is 66.6 Å². The first kappa shape index (κ1) is 15.9. The summed E-state index contributed by atoms with van der Waals surface area (Å²) in [6.07, 6.45) is 2.45. The number of nitrogens with zero attached hydrogens (tertiary/aromatic N) is 2. The predicted octanol–water partition coefficient (Wildman–Crippen LogP) is 1.30. The van der Waals surface area contributed by atoms with Crippen LogP contribution in [0.15, 0.2) is 24.3 Å². The lowest BCUT2D eigenvalue weighted by molar-refractivity contribution is -0.145. The van der Waals surface area contributed by atoms with Crippen molar-refractivity contribution in [2.75, 3.05) is 26.2 Å². The van der Waals surface area contributed by atoms with Crippen LogP contribution in [0.1, 0.15) is 30.9 Å². The molecule has 1 atom stereocenters. The van der Waals surface area contributed by atoms with Gasteiger partial charge in [0, 0.05) is 12.5 Å². The fourth-order valence-electron chi connectivity index (χ4n) is 3.48. The number of carbonyl (C=O) groups excluding carboxylic acids is 2. The van der Waals surface area contributed by atoms with Crippen LogP contribution in [-0.4, -0.2) is 47.8 Å². The van der Waals surface area contributed by atoms with Gasteiger partial charge in [-0.15, -0.1) is 0 Å². The van der Waals surface area contributed by atoms with Crippen molar-refractivity contribution in [2.45, 2.75) is 25.3 Å². The summed E-state index contributed by atoms with van der Waals surface area (Å²) in [4.78, 5) is 27.6. The molecule has 2 fully saturated rings. The molecule has 2 aliphatic heterocycles. The van der Waals surface area contributed by atoms with E-state index in [4.69, 9.17) is 5.73 Å². The molecule has 0 spiro atoms. The Morgan fingerprint density at radius 2 is 1.74 bits per heavy atom. The molecule has 2 N–H and O–H groups in total. The van der Waals surface area contributed by atoms with Crippen LogP contribution in [0.2, 0.25) is 0 Å². The molecule has 6 heteroatoms. The molecule has 0 radical (unpaired) electrons. The lowest BCUT2D eigenvalue weighted by Crippen LogP contribution is -2.50. The number of hydrogen-bond acceptors (Lipinski definition) is 3. The Hall–Kier alpha value is -1.95. The summed E-state index contributed by atoms with van der Waals surface area (Å²) in [7, 11) is 0. The maximum atomic E-state index is 13.0. The lowest BCUT2D eigenvalue weighted by atomic mass is 9.89. The van der Waals surface area contributed by atoms with Crippen molar-refractivity contribution >= 4 is 11.8 Å². The van der Waals surface area contributed by atoms with Gasteiger partial charge >= 0.3 is 0 Å². The Balaban J connectivity index is 1.56. The monoisotopic (exact) mass is 319 g/mol. The van der Waals surface area contributed by atoms with Gasteiger partial charge in [-0.3, -0.25) is 14.5 Å². The Morgan fingerprint density at radius 3 is 2.26 bits per heavy atom. The van der Waals surface area contributed by atoms with Crippen LogP contribution in [0.25, 0.3) is 0 Å². The first-order valence-electron chi connectivity index (χ1n) is 8.11. The third-order valence-corrected chi connectivity index (χ3v) is 4.87. The van der Waals surface area contributed by atoms with E-state index in [1.165, 1.54) is 12.1 Å². The third-order valence-electron chi connectivity index (χ3n) is 4.87. The van der Waals surface area contributed by atoms with E-state index in [-0.39, 0.29) is 36.1 Å². The van der Waals surface area contributed by atoms with Gasteiger partial charge in [-0.1, -0.05) is 12.1 Å². The summed E-state index contributed by atoms with van der Waals surface area (Å²) in [6, 6.07) is 6.48. The third kappa shape index (κ3) is 3.52. The minimum Gasteiger partial charge on any atom is -0.369 e. The van der Waals surface area contributed by atoms with Crippen LogP contribution in [0.4, 0.5) is 4.39 Å². The fraction of sp³-hybridized carbons (Fsp3) is 0.529. The molecule has 1 unspecified atom stereocenters. The van der Waals surface area contributed by atoms with Crippen molar-refractivity contribution in [2.24, 2.45) is 11.7 Å². The smallest absolute Gasteiger partial charge is 0.231 e. The van der Waals surface area contributed by atoms with Gasteiger partial charge in [0.2, 0.25) is 11.8 Å². The van der Waals surface area contributed by atoms with E-state index >= 15 is 0 Å². The number of carbonyl (C=O) groups is 2. The molecule has 1 aromatic rings. The number of halogens is 1. The molecule has 0 bridgehead atoms. The van der Waals surface area contributed by atoms with E-state index in [0.717, 1.165) is 44.5 Å². The van der Waals surface area contributed by atoms with Crippen molar-refractivity contribution in [3.05, 3.63) is 35.6 Å². The molecule has 3 rings (SSSR count). The van der Waals surface area contributed by atoms with Crippen LogP contribution >= 0.6 is 0 Å². The van der Waals surface area contributed by atoms with E-state index in [9.17, 15) is 14.0 Å². The predicted molar refractivity (Wildman–Crippen MR) is 83.8 cm³/mol. The van der Waals surface area contributed by atoms with Crippen LogP contribution in [-0.2, 0) is 9.59 Å². The largest absolute Gasteiger partial charge is 0.369 e. The van der Waals surface area contributed by atoms with Crippen LogP contribution in [0, 0.1) is 11.7 Å². The van der Waals surface area contributed by atoms with E-state index in [1.807, 2.05) is 9.80 Å². The van der Waals surface area contributed by atoms with Gasteiger partial charge in [0.1, 0.15) is 5.82 Å². The van der Waals surface area contributed by atoms with E-state index in [2.05, 4.69) is 0 Å². The first-order valence-corrected chi connectivity index (χ1v) is 8.11. The fourth-order valence-corrected chi connectivity index (χ4v) is 3.48. The van der Waals surface area contributed by atoms with Gasteiger partial charge in [0.25, 0.3) is 0 Å². The second kappa shape index (κ2) is 6.66. The minimum absolute atomic E-state index is 0.0161. The Kier molecular flexibility index (Phi) is 4.61. The number of amides is 2. The number of primary amides is 1. The Morgan fingerprint density at radius 1 is 1.09 bits per heavy atom. The first-order chi connectivity index (χ1) is 11.0. The maximum Gasteiger partial charge on any atom is 0.231 e. The molecule has 0 aliphatic carbocycles. The molecule has 2 aliphatic rings. The van der Waals surface area contributed by atoms with Crippen molar-refractivity contribution in [1.82, 2.24) is 9.80 Å². The van der Waals surface area contributed by atoms with E-state index in [1.54, 1.807) is 12.1 Å². The molecule has 2 saturated heterocycles. The number of likely N-dealkylation sites (tertiary alicyclic amines) is 2. The molecule has 2 heterocycles. The molecule has 0 saturated carbocycles. The van der Waals surface area contributed by atoms with Gasteiger partial charge in [-0.05, 0) is 50.0 Å². The number of rotatable bonds is 4. The molecular weight excluding hydrogens is 297 g/mol. The SMILES string of the molecule is NC(=O)CN1CCC(C(=O)N2CCC2c2ccc(F)cc2)CC1. The number of hydrogen-bond donors (Lipinski definition) is 1. The number of nitrogens with two attached hydrogens (primary N) is 1. The summed E-state index contributed by atoms with van der Waals surface area (Å²) in [5.41, 5.74) is 6.20. The van der Waals surface area contributed by atoms with Gasteiger partial charge in [0.15, 0.2) is 0 Å². The van der Waals surface area contributed by atoms with E-state index in [0.29, 0.717) is 0 Å². The average molecular weight is 319 g/mol. The highest BCUT2D eigenvalue weighted by atomic mass is 19.1. The zero-order valence-corrected chi connectivity index (χ0v) is 13.1. The van der Waals surface area contributed by atoms with Crippen LogP contribution in [0.3, 0.4) is 0 Å². The van der Waals surface area contributed by atoms with Gasteiger partial charge in [-0.2, -0.15) is 0 Å². The second-order valence-corrected chi connectivity index (χ2v) is 6.40. The Labute approximate surface area is 135 Å². The van der Waals surface area contributed by atoms with Crippen molar-refractivity contribution in [3.8, 4) is 0 Å². The minimum atomic E-state index is -0.325. The zero-order valence-electron chi connectivity index (χ0n) is 13.1. The quantitative estimate of drug-likeness (QED) is 0.909. The van der Waals surface area contributed by atoms with Gasteiger partial charge in [-0.25, -0.2) is 4.39 Å². The molecule has 124 valence electrons. The Bertz CT molecular complexity index is 582. The van der Waals surface area contributed by atoms with Crippen molar-refractivity contribution in [1.29, 1.82) is 0 Å². The summed E-state index contributed by atoms with van der Waals surface area (Å²) >= 11 is 0. The highest BCUT2D eigenvalue weighted by Crippen LogP contribution is 2.35. The van der Waals surface area contributed by atoms with Crippen LogP contribution < -0.4 is 5.73 Å². The normalized spacial score (nSPS) is 22.7. The summed E-state index contributed by atoms with van der Waals surface area (Å²) < 4.78 is 13.0. The maximum absolute atomic E-state index is 13.0. The number of benzene rings is 1. The summed E-state index contributed by atoms with van der Waals surface area (Å²) in [5.74, 6) is -0.381.